The van der Waals surface area contributed by atoms with Gasteiger partial charge in [0, 0.05) is 36.5 Å². The first kappa shape index (κ1) is 12.3. The SMILES string of the molecule is CC(C)n1ccc(NCc2ccc(O)cc2O)n1. The molecule has 1 aromatic carbocycles. The van der Waals surface area contributed by atoms with Crippen molar-refractivity contribution in [1.29, 1.82) is 0 Å². The zero-order valence-corrected chi connectivity index (χ0v) is 10.5. The van der Waals surface area contributed by atoms with Gasteiger partial charge in [-0.2, -0.15) is 5.10 Å². The van der Waals surface area contributed by atoms with Gasteiger partial charge in [0.25, 0.3) is 0 Å². The van der Waals surface area contributed by atoms with Crippen molar-refractivity contribution >= 4 is 5.82 Å². The summed E-state index contributed by atoms with van der Waals surface area (Å²) in [7, 11) is 0. The van der Waals surface area contributed by atoms with Crippen molar-refractivity contribution in [1.82, 2.24) is 9.78 Å². The molecular formula is C13H17N3O2. The summed E-state index contributed by atoms with van der Waals surface area (Å²) in [5.74, 6) is 0.891. The van der Waals surface area contributed by atoms with Crippen LogP contribution in [-0.4, -0.2) is 20.0 Å². The Morgan fingerprint density at radius 2 is 2.06 bits per heavy atom. The van der Waals surface area contributed by atoms with E-state index in [1.54, 1.807) is 12.1 Å². The molecule has 18 heavy (non-hydrogen) atoms. The number of nitrogens with one attached hydrogen (secondary N) is 1. The number of phenols is 2. The van der Waals surface area contributed by atoms with Crippen molar-refractivity contribution in [2.75, 3.05) is 5.32 Å². The molecule has 0 aliphatic rings. The van der Waals surface area contributed by atoms with Gasteiger partial charge in [-0.25, -0.2) is 0 Å². The summed E-state index contributed by atoms with van der Waals surface area (Å²) >= 11 is 0. The highest BCUT2D eigenvalue weighted by Crippen LogP contribution is 2.23. The fourth-order valence-corrected chi connectivity index (χ4v) is 1.61. The minimum atomic E-state index is 0.0559. The number of anilines is 1. The van der Waals surface area contributed by atoms with Gasteiger partial charge in [0.15, 0.2) is 0 Å². The Morgan fingerprint density at radius 3 is 2.67 bits per heavy atom. The first-order valence-electron chi connectivity index (χ1n) is 5.86. The Balaban J connectivity index is 2.02. The number of aromatic nitrogens is 2. The molecule has 0 amide bonds. The Kier molecular flexibility index (Phi) is 3.41. The predicted molar refractivity (Wildman–Crippen MR) is 69.7 cm³/mol. The van der Waals surface area contributed by atoms with Crippen molar-refractivity contribution in [2.45, 2.75) is 26.4 Å². The van der Waals surface area contributed by atoms with E-state index in [0.29, 0.717) is 18.2 Å². The maximum absolute atomic E-state index is 9.64. The average Bonchev–Trinajstić information content (AvgIpc) is 2.76. The van der Waals surface area contributed by atoms with Gasteiger partial charge in [-0.3, -0.25) is 4.68 Å². The van der Waals surface area contributed by atoms with E-state index in [1.807, 2.05) is 16.9 Å². The van der Waals surface area contributed by atoms with Gasteiger partial charge in [-0.1, -0.05) is 0 Å². The van der Waals surface area contributed by atoms with Crippen LogP contribution in [0.1, 0.15) is 25.5 Å². The molecule has 2 rings (SSSR count). The van der Waals surface area contributed by atoms with E-state index in [4.69, 9.17) is 0 Å². The number of rotatable bonds is 4. The summed E-state index contributed by atoms with van der Waals surface area (Å²) in [4.78, 5) is 0. The summed E-state index contributed by atoms with van der Waals surface area (Å²) in [6.45, 7) is 4.58. The highest BCUT2D eigenvalue weighted by molar-refractivity contribution is 5.42. The van der Waals surface area contributed by atoms with E-state index < -0.39 is 0 Å². The summed E-state index contributed by atoms with van der Waals surface area (Å²) in [5.41, 5.74) is 0.715. The minimum Gasteiger partial charge on any atom is -0.508 e. The maximum Gasteiger partial charge on any atom is 0.148 e. The van der Waals surface area contributed by atoms with Gasteiger partial charge in [0.2, 0.25) is 0 Å². The van der Waals surface area contributed by atoms with E-state index in [-0.39, 0.29) is 11.5 Å². The van der Waals surface area contributed by atoms with Crippen molar-refractivity contribution in [3.63, 3.8) is 0 Å². The molecule has 96 valence electrons. The van der Waals surface area contributed by atoms with E-state index in [1.165, 1.54) is 6.07 Å². The van der Waals surface area contributed by atoms with Gasteiger partial charge < -0.3 is 15.5 Å². The molecule has 0 spiro atoms. The molecule has 0 radical (unpaired) electrons. The normalized spacial score (nSPS) is 10.8. The summed E-state index contributed by atoms with van der Waals surface area (Å²) in [6, 6.07) is 6.75. The van der Waals surface area contributed by atoms with Gasteiger partial charge in [0.1, 0.15) is 17.3 Å². The summed E-state index contributed by atoms with van der Waals surface area (Å²) in [5, 5.41) is 26.3. The Hall–Kier alpha value is -2.17. The molecule has 0 unspecified atom stereocenters. The topological polar surface area (TPSA) is 70.3 Å². The second-order valence-electron chi connectivity index (χ2n) is 4.44. The van der Waals surface area contributed by atoms with Crippen LogP contribution in [0.4, 0.5) is 5.82 Å². The summed E-state index contributed by atoms with van der Waals surface area (Å²) in [6.07, 6.45) is 1.91. The van der Waals surface area contributed by atoms with Crippen LogP contribution in [-0.2, 0) is 6.54 Å². The molecule has 2 aromatic rings. The summed E-state index contributed by atoms with van der Waals surface area (Å²) < 4.78 is 1.86. The molecule has 0 aliphatic carbocycles. The van der Waals surface area contributed by atoms with E-state index in [2.05, 4.69) is 24.3 Å². The van der Waals surface area contributed by atoms with Crippen molar-refractivity contribution in [3.05, 3.63) is 36.0 Å². The maximum atomic E-state index is 9.64. The van der Waals surface area contributed by atoms with E-state index >= 15 is 0 Å². The molecule has 1 aromatic heterocycles. The van der Waals surface area contributed by atoms with Gasteiger partial charge in [0.05, 0.1) is 0 Å². The van der Waals surface area contributed by atoms with Gasteiger partial charge in [-0.05, 0) is 26.0 Å². The molecule has 0 atom stereocenters. The monoisotopic (exact) mass is 247 g/mol. The highest BCUT2D eigenvalue weighted by Gasteiger charge is 2.04. The van der Waals surface area contributed by atoms with Crippen LogP contribution in [0.15, 0.2) is 30.5 Å². The average molecular weight is 247 g/mol. The zero-order valence-electron chi connectivity index (χ0n) is 10.5. The van der Waals surface area contributed by atoms with Gasteiger partial charge >= 0.3 is 0 Å². The van der Waals surface area contributed by atoms with Crippen LogP contribution in [0.25, 0.3) is 0 Å². The highest BCUT2D eigenvalue weighted by atomic mass is 16.3. The lowest BCUT2D eigenvalue weighted by atomic mass is 10.2. The van der Waals surface area contributed by atoms with E-state index in [9.17, 15) is 10.2 Å². The number of hydrogen-bond donors (Lipinski definition) is 3. The zero-order chi connectivity index (χ0) is 13.1. The third kappa shape index (κ3) is 2.74. The van der Waals surface area contributed by atoms with Crippen LogP contribution < -0.4 is 5.32 Å². The Bertz CT molecular complexity index is 535. The molecule has 0 bridgehead atoms. The first-order valence-corrected chi connectivity index (χ1v) is 5.86. The molecule has 0 saturated carbocycles. The number of phenolic OH excluding ortho intramolecular Hbond substituents is 2. The molecule has 5 nitrogen and oxygen atoms in total. The first-order chi connectivity index (χ1) is 8.56. The molecule has 3 N–H and O–H groups in total. The standard InChI is InChI=1S/C13H17N3O2/c1-9(2)16-6-5-13(15-16)14-8-10-3-4-11(17)7-12(10)18/h3-7,9,17-18H,8H2,1-2H3,(H,14,15). The van der Waals surface area contributed by atoms with Crippen molar-refractivity contribution in [3.8, 4) is 11.5 Å². The van der Waals surface area contributed by atoms with Crippen LogP contribution in [0.2, 0.25) is 0 Å². The number of hydrogen-bond acceptors (Lipinski definition) is 4. The predicted octanol–water partition coefficient (Wildman–Crippen LogP) is 2.49. The number of aromatic hydroxyl groups is 2. The lowest BCUT2D eigenvalue weighted by Gasteiger charge is -2.07. The Morgan fingerprint density at radius 1 is 1.28 bits per heavy atom. The fourth-order valence-electron chi connectivity index (χ4n) is 1.61. The largest absolute Gasteiger partial charge is 0.508 e. The quantitative estimate of drug-likeness (QED) is 0.776. The minimum absolute atomic E-state index is 0.0559. The van der Waals surface area contributed by atoms with Crippen molar-refractivity contribution in [2.24, 2.45) is 0 Å². The van der Waals surface area contributed by atoms with Crippen LogP contribution in [0.5, 0.6) is 11.5 Å². The van der Waals surface area contributed by atoms with Crippen LogP contribution >= 0.6 is 0 Å². The molecule has 1 heterocycles. The van der Waals surface area contributed by atoms with Crippen LogP contribution in [0.3, 0.4) is 0 Å². The third-order valence-corrected chi connectivity index (χ3v) is 2.67. The van der Waals surface area contributed by atoms with Crippen LogP contribution in [0, 0.1) is 0 Å². The molecular weight excluding hydrogens is 230 g/mol. The number of benzene rings is 1. The lowest BCUT2D eigenvalue weighted by molar-refractivity contribution is 0.446. The molecule has 0 aliphatic heterocycles. The smallest absolute Gasteiger partial charge is 0.148 e. The second-order valence-corrected chi connectivity index (χ2v) is 4.44. The molecule has 5 heteroatoms. The lowest BCUT2D eigenvalue weighted by Crippen LogP contribution is -2.04. The number of nitrogens with zero attached hydrogens (tertiary/aromatic N) is 2. The third-order valence-electron chi connectivity index (χ3n) is 2.67. The molecule has 0 saturated heterocycles. The van der Waals surface area contributed by atoms with Crippen molar-refractivity contribution < 1.29 is 10.2 Å². The van der Waals surface area contributed by atoms with Gasteiger partial charge in [-0.15, -0.1) is 0 Å². The second kappa shape index (κ2) is 5.00. The fraction of sp³-hybridized carbons (Fsp3) is 0.308. The Labute approximate surface area is 106 Å². The molecule has 0 fully saturated rings. The van der Waals surface area contributed by atoms with E-state index in [0.717, 1.165) is 5.82 Å².